The SMILES string of the molecule is CNC(c1cnc(C(F)(F)F)s1)C1CC1c1ccccc1. The third-order valence-electron chi connectivity index (χ3n) is 3.88. The van der Waals surface area contributed by atoms with Crippen LogP contribution in [0.5, 0.6) is 0 Å². The average Bonchev–Trinajstić information content (AvgIpc) is 3.07. The van der Waals surface area contributed by atoms with Gasteiger partial charge in [0.25, 0.3) is 0 Å². The number of alkyl halides is 3. The van der Waals surface area contributed by atoms with Crippen molar-refractivity contribution in [3.05, 3.63) is 52.0 Å². The molecule has 1 saturated carbocycles. The van der Waals surface area contributed by atoms with Crippen LogP contribution in [-0.2, 0) is 6.18 Å². The molecular formula is C15H15F3N2S. The second-order valence-corrected chi connectivity index (χ2v) is 6.31. The highest BCUT2D eigenvalue weighted by atomic mass is 32.1. The molecule has 0 radical (unpaired) electrons. The van der Waals surface area contributed by atoms with Crippen LogP contribution in [0.15, 0.2) is 36.5 Å². The molecule has 6 heteroatoms. The molecule has 2 nitrogen and oxygen atoms in total. The van der Waals surface area contributed by atoms with Gasteiger partial charge in [0.1, 0.15) is 0 Å². The summed E-state index contributed by atoms with van der Waals surface area (Å²) in [6.45, 7) is 0. The van der Waals surface area contributed by atoms with Crippen LogP contribution < -0.4 is 5.32 Å². The number of aromatic nitrogens is 1. The number of halogens is 3. The minimum atomic E-state index is -4.36. The van der Waals surface area contributed by atoms with Gasteiger partial charge in [-0.2, -0.15) is 13.2 Å². The molecule has 3 unspecified atom stereocenters. The van der Waals surface area contributed by atoms with E-state index in [1.165, 1.54) is 11.8 Å². The first-order chi connectivity index (χ1) is 10.0. The Bertz CT molecular complexity index is 609. The fraction of sp³-hybridized carbons (Fsp3) is 0.400. The van der Waals surface area contributed by atoms with Crippen LogP contribution in [-0.4, -0.2) is 12.0 Å². The molecule has 1 N–H and O–H groups in total. The molecule has 2 aromatic rings. The van der Waals surface area contributed by atoms with Crippen LogP contribution in [0, 0.1) is 5.92 Å². The molecule has 21 heavy (non-hydrogen) atoms. The summed E-state index contributed by atoms with van der Waals surface area (Å²) in [7, 11) is 1.79. The Morgan fingerprint density at radius 3 is 2.57 bits per heavy atom. The third kappa shape index (κ3) is 2.96. The second-order valence-electron chi connectivity index (χ2n) is 5.25. The summed E-state index contributed by atoms with van der Waals surface area (Å²) in [4.78, 5) is 4.18. The fourth-order valence-corrected chi connectivity index (χ4v) is 3.76. The molecule has 0 saturated heterocycles. The standard InChI is InChI=1S/C15H15F3N2S/c1-19-13(12-8-20-14(21-12)15(16,17)18)11-7-10(11)9-5-3-2-4-6-9/h2-6,8,10-11,13,19H,7H2,1H3. The first-order valence-electron chi connectivity index (χ1n) is 6.76. The van der Waals surface area contributed by atoms with Gasteiger partial charge < -0.3 is 5.32 Å². The summed E-state index contributed by atoms with van der Waals surface area (Å²) in [6, 6.07) is 10.0. The van der Waals surface area contributed by atoms with E-state index in [0.29, 0.717) is 16.7 Å². The fourth-order valence-electron chi connectivity index (χ4n) is 2.80. The molecule has 0 aliphatic heterocycles. The van der Waals surface area contributed by atoms with Gasteiger partial charge in [0, 0.05) is 17.1 Å². The minimum Gasteiger partial charge on any atom is -0.312 e. The molecular weight excluding hydrogens is 297 g/mol. The Balaban J connectivity index is 1.77. The van der Waals surface area contributed by atoms with Gasteiger partial charge in [0.2, 0.25) is 0 Å². The van der Waals surface area contributed by atoms with Gasteiger partial charge in [-0.15, -0.1) is 11.3 Å². The maximum Gasteiger partial charge on any atom is 0.443 e. The summed E-state index contributed by atoms with van der Waals surface area (Å²) >= 11 is 0.739. The van der Waals surface area contributed by atoms with Crippen LogP contribution in [0.4, 0.5) is 13.2 Å². The number of hydrogen-bond donors (Lipinski definition) is 1. The maximum absolute atomic E-state index is 12.7. The van der Waals surface area contributed by atoms with Crippen molar-refractivity contribution in [2.24, 2.45) is 5.92 Å². The molecule has 1 fully saturated rings. The third-order valence-corrected chi connectivity index (χ3v) is 5.00. The van der Waals surface area contributed by atoms with Crippen molar-refractivity contribution in [2.75, 3.05) is 7.05 Å². The molecule has 1 aliphatic rings. The molecule has 1 heterocycles. The quantitative estimate of drug-likeness (QED) is 0.914. The number of thiazole rings is 1. The summed E-state index contributed by atoms with van der Waals surface area (Å²) < 4.78 is 38.0. The highest BCUT2D eigenvalue weighted by Crippen LogP contribution is 2.54. The lowest BCUT2D eigenvalue weighted by atomic mass is 10.0. The van der Waals surface area contributed by atoms with E-state index >= 15 is 0 Å². The van der Waals surface area contributed by atoms with E-state index in [9.17, 15) is 13.2 Å². The summed E-state index contributed by atoms with van der Waals surface area (Å²) in [5.74, 6) is 0.749. The van der Waals surface area contributed by atoms with Crippen molar-refractivity contribution in [1.82, 2.24) is 10.3 Å². The van der Waals surface area contributed by atoms with Crippen molar-refractivity contribution < 1.29 is 13.2 Å². The lowest BCUT2D eigenvalue weighted by Crippen LogP contribution is -2.18. The first kappa shape index (κ1) is 14.5. The topological polar surface area (TPSA) is 24.9 Å². The van der Waals surface area contributed by atoms with Gasteiger partial charge >= 0.3 is 6.18 Å². The molecule has 3 atom stereocenters. The summed E-state index contributed by atoms with van der Waals surface area (Å²) in [5, 5.41) is 2.38. The Hall–Kier alpha value is -1.40. The zero-order valence-corrected chi connectivity index (χ0v) is 12.2. The van der Waals surface area contributed by atoms with E-state index in [1.807, 2.05) is 18.2 Å². The molecule has 112 valence electrons. The van der Waals surface area contributed by atoms with E-state index < -0.39 is 11.2 Å². The van der Waals surface area contributed by atoms with Crippen molar-refractivity contribution >= 4 is 11.3 Å². The number of rotatable bonds is 4. The van der Waals surface area contributed by atoms with Gasteiger partial charge in [-0.3, -0.25) is 0 Å². The Morgan fingerprint density at radius 1 is 1.29 bits per heavy atom. The van der Waals surface area contributed by atoms with E-state index in [4.69, 9.17) is 0 Å². The molecule has 1 aromatic heterocycles. The predicted octanol–water partition coefficient (Wildman–Crippen LogP) is 4.23. The second kappa shape index (κ2) is 5.42. The van der Waals surface area contributed by atoms with Gasteiger partial charge in [0.15, 0.2) is 5.01 Å². The van der Waals surface area contributed by atoms with Gasteiger partial charge in [-0.25, -0.2) is 4.98 Å². The Morgan fingerprint density at radius 2 is 2.00 bits per heavy atom. The largest absolute Gasteiger partial charge is 0.443 e. The van der Waals surface area contributed by atoms with Gasteiger partial charge in [-0.05, 0) is 30.9 Å². The monoisotopic (exact) mass is 312 g/mol. The number of nitrogens with one attached hydrogen (secondary N) is 1. The van der Waals surface area contributed by atoms with Crippen LogP contribution in [0.25, 0.3) is 0 Å². The van der Waals surface area contributed by atoms with Crippen LogP contribution in [0.2, 0.25) is 0 Å². The van der Waals surface area contributed by atoms with E-state index in [0.717, 1.165) is 17.8 Å². The molecule has 0 bridgehead atoms. The van der Waals surface area contributed by atoms with E-state index in [-0.39, 0.29) is 6.04 Å². The lowest BCUT2D eigenvalue weighted by molar-refractivity contribution is -0.137. The number of benzene rings is 1. The zero-order chi connectivity index (χ0) is 15.0. The smallest absolute Gasteiger partial charge is 0.312 e. The Labute approximate surface area is 125 Å². The number of nitrogens with zero attached hydrogens (tertiary/aromatic N) is 1. The summed E-state index contributed by atoms with van der Waals surface area (Å²) in [5.41, 5.74) is 1.25. The van der Waals surface area contributed by atoms with Gasteiger partial charge in [0.05, 0.1) is 0 Å². The zero-order valence-electron chi connectivity index (χ0n) is 11.4. The van der Waals surface area contributed by atoms with Crippen molar-refractivity contribution in [3.63, 3.8) is 0 Å². The van der Waals surface area contributed by atoms with Crippen molar-refractivity contribution in [3.8, 4) is 0 Å². The lowest BCUT2D eigenvalue weighted by Gasteiger charge is -2.14. The average molecular weight is 312 g/mol. The summed E-state index contributed by atoms with van der Waals surface area (Å²) in [6.07, 6.45) is -2.01. The van der Waals surface area contributed by atoms with Crippen LogP contribution in [0.1, 0.15) is 33.8 Å². The normalized spacial score (nSPS) is 23.0. The highest BCUT2D eigenvalue weighted by molar-refractivity contribution is 7.11. The number of hydrogen-bond acceptors (Lipinski definition) is 3. The van der Waals surface area contributed by atoms with E-state index in [1.54, 1.807) is 7.05 Å². The van der Waals surface area contributed by atoms with Crippen LogP contribution >= 0.6 is 11.3 Å². The molecule has 1 aromatic carbocycles. The maximum atomic E-state index is 12.7. The molecule has 3 rings (SSSR count). The highest BCUT2D eigenvalue weighted by Gasteiger charge is 2.45. The molecule has 0 amide bonds. The van der Waals surface area contributed by atoms with Gasteiger partial charge in [-0.1, -0.05) is 30.3 Å². The van der Waals surface area contributed by atoms with E-state index in [2.05, 4.69) is 22.4 Å². The minimum absolute atomic E-state index is 0.0659. The van der Waals surface area contributed by atoms with Crippen molar-refractivity contribution in [2.45, 2.75) is 24.6 Å². The molecule has 0 spiro atoms. The first-order valence-corrected chi connectivity index (χ1v) is 7.57. The Kier molecular flexibility index (Phi) is 3.75. The predicted molar refractivity (Wildman–Crippen MR) is 76.2 cm³/mol. The van der Waals surface area contributed by atoms with Crippen LogP contribution in [0.3, 0.4) is 0 Å². The van der Waals surface area contributed by atoms with Crippen molar-refractivity contribution in [1.29, 1.82) is 0 Å². The molecule has 1 aliphatic carbocycles.